The second kappa shape index (κ2) is 2.89. The van der Waals surface area contributed by atoms with Crippen molar-refractivity contribution in [2.24, 2.45) is 0 Å². The van der Waals surface area contributed by atoms with Gasteiger partial charge in [-0.05, 0) is 0 Å². The van der Waals surface area contributed by atoms with E-state index in [1.54, 1.807) is 5.93 Å². The molecule has 0 spiro atoms. The molecule has 8 heavy (non-hydrogen) atoms. The molecule has 0 amide bonds. The van der Waals surface area contributed by atoms with Crippen LogP contribution in [0.3, 0.4) is 0 Å². The summed E-state index contributed by atoms with van der Waals surface area (Å²) in [6.45, 7) is 4.29. The van der Waals surface area contributed by atoms with Crippen LogP contribution >= 0.6 is 0 Å². The molecule has 1 aromatic heterocycles. The number of hydrogen-bond acceptors (Lipinski definition) is 0. The van der Waals surface area contributed by atoms with Gasteiger partial charge in [0.05, 0.1) is 0 Å². The Morgan fingerprint density at radius 2 is 1.38 bits per heavy atom. The van der Waals surface area contributed by atoms with Crippen LogP contribution in [0.4, 0.5) is 0 Å². The molecule has 0 fully saturated rings. The first kappa shape index (κ1) is 6.64. The molecule has 1 aromatic rings. The Balaban J connectivity index is 3.06. The summed E-state index contributed by atoms with van der Waals surface area (Å²) in [5, 5.41) is 0. The molecule has 0 saturated heterocycles. The van der Waals surface area contributed by atoms with Gasteiger partial charge in [-0.3, -0.25) is 0 Å². The Bertz CT molecular complexity index is 209. The van der Waals surface area contributed by atoms with Crippen LogP contribution < -0.4 is 5.93 Å². The van der Waals surface area contributed by atoms with Gasteiger partial charge in [0.25, 0.3) is 0 Å². The molecule has 2 heteroatoms. The van der Waals surface area contributed by atoms with E-state index in [0.717, 1.165) is 29.0 Å². The average molecular weight is 238 g/mol. The molecule has 1 heterocycles. The molecule has 0 bridgehead atoms. The second-order valence-corrected chi connectivity index (χ2v) is 8.59. The molecular formula is C6H8Se2. The van der Waals surface area contributed by atoms with E-state index in [9.17, 15) is 0 Å². The van der Waals surface area contributed by atoms with Crippen molar-refractivity contribution in [1.82, 2.24) is 0 Å². The van der Waals surface area contributed by atoms with E-state index in [4.69, 9.17) is 0 Å². The molecule has 1 rings (SSSR count). The fourth-order valence-electron chi connectivity index (χ4n) is 0.442. The van der Waals surface area contributed by atoms with Crippen LogP contribution in [0.5, 0.6) is 0 Å². The molecule has 0 saturated carbocycles. The zero-order valence-corrected chi connectivity index (χ0v) is 8.40. The van der Waals surface area contributed by atoms with Crippen molar-refractivity contribution in [2.45, 2.75) is 13.8 Å². The van der Waals surface area contributed by atoms with Crippen molar-refractivity contribution in [2.75, 3.05) is 0 Å². The molecular weight excluding hydrogens is 230 g/mol. The molecule has 0 unspecified atom stereocenters. The summed E-state index contributed by atoms with van der Waals surface area (Å²) in [6, 6.07) is 0. The van der Waals surface area contributed by atoms with Crippen molar-refractivity contribution >= 4 is 41.2 Å². The van der Waals surface area contributed by atoms with Gasteiger partial charge in [0.1, 0.15) is 0 Å². The van der Waals surface area contributed by atoms with Gasteiger partial charge in [-0.15, -0.1) is 0 Å². The van der Waals surface area contributed by atoms with Gasteiger partial charge in [-0.25, -0.2) is 0 Å². The fraction of sp³-hybridized carbons (Fsp3) is 0.333. The van der Waals surface area contributed by atoms with Gasteiger partial charge in [-0.1, -0.05) is 0 Å². The first-order chi connectivity index (χ1) is 3.86. The van der Waals surface area contributed by atoms with E-state index >= 15 is 0 Å². The van der Waals surface area contributed by atoms with Crippen LogP contribution in [0.1, 0.15) is 13.8 Å². The summed E-state index contributed by atoms with van der Waals surface area (Å²) in [5.41, 5.74) is 0. The molecule has 44 valence electrons. The Morgan fingerprint density at radius 1 is 1.00 bits per heavy atom. The Labute approximate surface area is 61.0 Å². The number of rotatable bonds is 0. The monoisotopic (exact) mass is 240 g/mol. The topological polar surface area (TPSA) is 0 Å². The molecule has 0 aliphatic carbocycles. The predicted octanol–water partition coefficient (Wildman–Crippen LogP) is -0.599. The van der Waals surface area contributed by atoms with Gasteiger partial charge in [0.15, 0.2) is 0 Å². The Hall–Kier alpha value is 0.519. The van der Waals surface area contributed by atoms with Crippen LogP contribution in [0.15, 0.2) is 0 Å². The first-order valence-corrected chi connectivity index (χ1v) is 5.97. The molecule has 0 radical (unpaired) electrons. The van der Waals surface area contributed by atoms with Gasteiger partial charge < -0.3 is 0 Å². The van der Waals surface area contributed by atoms with Crippen molar-refractivity contribution in [3.63, 3.8) is 0 Å². The van der Waals surface area contributed by atoms with Gasteiger partial charge in [-0.2, -0.15) is 0 Å². The quantitative estimate of drug-likeness (QED) is 0.529. The Morgan fingerprint density at radius 3 is 1.62 bits per heavy atom. The third kappa shape index (κ3) is 1.27. The minimum atomic E-state index is 0.781. The van der Waals surface area contributed by atoms with Crippen molar-refractivity contribution in [1.29, 1.82) is 0 Å². The molecule has 0 aliphatic rings. The first-order valence-electron chi connectivity index (χ1n) is 2.55. The summed E-state index contributed by atoms with van der Waals surface area (Å²) >= 11 is 1.56. The fourth-order valence-corrected chi connectivity index (χ4v) is 5.30. The maximum atomic E-state index is 2.27. The third-order valence-corrected chi connectivity index (χ3v) is 8.17. The molecule has 0 atom stereocenters. The normalized spacial score (nSPS) is 9.25. The van der Waals surface area contributed by atoms with Crippen LogP contribution in [0.25, 0.3) is 12.2 Å². The zero-order chi connectivity index (χ0) is 5.98. The van der Waals surface area contributed by atoms with Gasteiger partial charge in [0, 0.05) is 0 Å². The van der Waals surface area contributed by atoms with Gasteiger partial charge in [0.2, 0.25) is 0 Å². The van der Waals surface area contributed by atoms with Gasteiger partial charge >= 0.3 is 60.9 Å². The van der Waals surface area contributed by atoms with Crippen molar-refractivity contribution < 1.29 is 0 Å². The summed E-state index contributed by atoms with van der Waals surface area (Å²) in [5.74, 6) is 0. The Kier molecular flexibility index (Phi) is 2.40. The SMILES string of the molecule is CC=c1[se]c(=CC)[se]1. The molecule has 0 aromatic carbocycles. The maximum absolute atomic E-state index is 2.27. The van der Waals surface area contributed by atoms with Crippen molar-refractivity contribution in [3.8, 4) is 0 Å². The van der Waals surface area contributed by atoms with Crippen LogP contribution in [-0.4, -0.2) is 29.0 Å². The summed E-state index contributed by atoms with van der Waals surface area (Å²) < 4.78 is 3.44. The average Bonchev–Trinajstić information content (AvgIpc) is 1.65. The summed E-state index contributed by atoms with van der Waals surface area (Å²) in [7, 11) is 0. The van der Waals surface area contributed by atoms with Crippen molar-refractivity contribution in [3.05, 3.63) is 5.93 Å². The zero-order valence-electron chi connectivity index (χ0n) is 4.97. The van der Waals surface area contributed by atoms with E-state index in [1.807, 2.05) is 0 Å². The van der Waals surface area contributed by atoms with E-state index in [1.165, 1.54) is 0 Å². The molecule has 0 N–H and O–H groups in total. The minimum absolute atomic E-state index is 0.781. The standard InChI is InChI=1S/C6H8Se2/c1-3-5-7-6(4-2)8-5/h3-4H,1-2H3. The van der Waals surface area contributed by atoms with E-state index in [2.05, 4.69) is 26.0 Å². The van der Waals surface area contributed by atoms with E-state index in [-0.39, 0.29) is 0 Å². The van der Waals surface area contributed by atoms with Crippen LogP contribution in [-0.2, 0) is 0 Å². The second-order valence-electron chi connectivity index (χ2n) is 1.42. The molecule has 0 aliphatic heterocycles. The van der Waals surface area contributed by atoms with Crippen LogP contribution in [0, 0.1) is 0 Å². The van der Waals surface area contributed by atoms with Crippen LogP contribution in [0.2, 0.25) is 0 Å². The summed E-state index contributed by atoms with van der Waals surface area (Å²) in [4.78, 5) is 0. The van der Waals surface area contributed by atoms with E-state index < -0.39 is 0 Å². The van der Waals surface area contributed by atoms with E-state index in [0.29, 0.717) is 0 Å². The number of hydrogen-bond donors (Lipinski definition) is 0. The third-order valence-electron chi connectivity index (χ3n) is 0.874. The summed E-state index contributed by atoms with van der Waals surface area (Å²) in [6.07, 6.45) is 4.54. The predicted molar refractivity (Wildman–Crippen MR) is 39.9 cm³/mol. The molecule has 0 nitrogen and oxygen atoms in total.